The zero-order chi connectivity index (χ0) is 12.5. The van der Waals surface area contributed by atoms with Gasteiger partial charge in [-0.25, -0.2) is 0 Å². The maximum absolute atomic E-state index is 11.1. The molecule has 0 unspecified atom stereocenters. The maximum Gasteiger partial charge on any atom is 0.305 e. The summed E-state index contributed by atoms with van der Waals surface area (Å²) in [5.41, 5.74) is 2.32. The summed E-state index contributed by atoms with van der Waals surface area (Å²) in [4.78, 5) is 11.1. The zero-order valence-electron chi connectivity index (χ0n) is 10.6. The van der Waals surface area contributed by atoms with Gasteiger partial charge in [-0.05, 0) is 17.6 Å². The Bertz CT molecular complexity index is 366. The smallest absolute Gasteiger partial charge is 0.305 e. The Balaban J connectivity index is 2.65. The first-order chi connectivity index (χ1) is 8.26. The number of ether oxygens (including phenoxy) is 1. The molecule has 1 aromatic rings. The first-order valence-electron chi connectivity index (χ1n) is 6.16. The summed E-state index contributed by atoms with van der Waals surface area (Å²) in [5.74, 6) is -0.139. The van der Waals surface area contributed by atoms with Crippen LogP contribution in [0.15, 0.2) is 35.9 Å². The second-order valence-corrected chi connectivity index (χ2v) is 3.98. The number of carbonyl (C=O) groups is 1. The summed E-state index contributed by atoms with van der Waals surface area (Å²) >= 11 is 0. The van der Waals surface area contributed by atoms with Crippen molar-refractivity contribution in [2.45, 2.75) is 33.1 Å². The number of hydrogen-bond acceptors (Lipinski definition) is 2. The topological polar surface area (TPSA) is 26.3 Å². The van der Waals surface area contributed by atoms with E-state index >= 15 is 0 Å². The molecule has 0 heterocycles. The van der Waals surface area contributed by atoms with Crippen LogP contribution >= 0.6 is 0 Å². The average Bonchev–Trinajstić information content (AvgIpc) is 2.37. The van der Waals surface area contributed by atoms with Gasteiger partial charge in [0.15, 0.2) is 0 Å². The molecule has 1 aromatic carbocycles. The van der Waals surface area contributed by atoms with Crippen LogP contribution in [-0.4, -0.2) is 12.6 Å². The molecule has 92 valence electrons. The van der Waals surface area contributed by atoms with Crippen molar-refractivity contribution >= 4 is 12.0 Å². The van der Waals surface area contributed by atoms with Crippen LogP contribution < -0.4 is 0 Å². The molecule has 2 heteroatoms. The van der Waals surface area contributed by atoms with E-state index in [0.717, 1.165) is 18.4 Å². The lowest BCUT2D eigenvalue weighted by molar-refractivity contribution is -0.142. The second kappa shape index (κ2) is 7.66. The predicted molar refractivity (Wildman–Crippen MR) is 70.6 cm³/mol. The highest BCUT2D eigenvalue weighted by Gasteiger charge is 2.02. The zero-order valence-corrected chi connectivity index (χ0v) is 10.6. The minimum absolute atomic E-state index is 0.139. The van der Waals surface area contributed by atoms with E-state index in [1.54, 1.807) is 0 Å². The number of rotatable bonds is 6. The molecular formula is C15H20O2. The number of benzene rings is 1. The Morgan fingerprint density at radius 2 is 1.94 bits per heavy atom. The molecule has 0 aromatic heterocycles. The first-order valence-corrected chi connectivity index (χ1v) is 6.16. The molecule has 0 spiro atoms. The Labute approximate surface area is 103 Å². The lowest BCUT2D eigenvalue weighted by Gasteiger charge is -2.07. The molecule has 17 heavy (non-hydrogen) atoms. The summed E-state index contributed by atoms with van der Waals surface area (Å²) in [6, 6.07) is 10.1. The summed E-state index contributed by atoms with van der Waals surface area (Å²) < 4.78 is 5.17. The monoisotopic (exact) mass is 232 g/mol. The van der Waals surface area contributed by atoms with Crippen LogP contribution in [0.25, 0.3) is 6.08 Å². The lowest BCUT2D eigenvalue weighted by Crippen LogP contribution is -2.06. The van der Waals surface area contributed by atoms with Crippen molar-refractivity contribution in [1.82, 2.24) is 0 Å². The molecule has 2 nitrogen and oxygen atoms in total. The molecule has 0 aliphatic rings. The third-order valence-corrected chi connectivity index (χ3v) is 2.45. The van der Waals surface area contributed by atoms with Crippen LogP contribution in [0, 0.1) is 0 Å². The predicted octanol–water partition coefficient (Wildman–Crippen LogP) is 3.82. The van der Waals surface area contributed by atoms with E-state index in [-0.39, 0.29) is 5.97 Å². The highest BCUT2D eigenvalue weighted by molar-refractivity contribution is 5.69. The molecule has 0 amide bonds. The molecule has 0 radical (unpaired) electrons. The second-order valence-electron chi connectivity index (χ2n) is 3.98. The van der Waals surface area contributed by atoms with Crippen molar-refractivity contribution in [3.05, 3.63) is 41.5 Å². The fourth-order valence-corrected chi connectivity index (χ4v) is 1.57. The molecular weight excluding hydrogens is 212 g/mol. The Hall–Kier alpha value is -1.57. The Morgan fingerprint density at radius 3 is 2.53 bits per heavy atom. The van der Waals surface area contributed by atoms with Crippen molar-refractivity contribution in [2.24, 2.45) is 0 Å². The molecule has 0 atom stereocenters. The largest absolute Gasteiger partial charge is 0.461 e. The lowest BCUT2D eigenvalue weighted by atomic mass is 10.1. The van der Waals surface area contributed by atoms with Crippen LogP contribution in [0.5, 0.6) is 0 Å². The number of hydrogen-bond donors (Lipinski definition) is 0. The van der Waals surface area contributed by atoms with E-state index in [2.05, 4.69) is 25.1 Å². The molecule has 0 saturated carbocycles. The molecule has 0 aliphatic carbocycles. The average molecular weight is 232 g/mol. The van der Waals surface area contributed by atoms with Crippen LogP contribution in [0.2, 0.25) is 0 Å². The Kier molecular flexibility index (Phi) is 6.08. The van der Waals surface area contributed by atoms with E-state index in [1.807, 2.05) is 25.1 Å². The number of esters is 1. The van der Waals surface area contributed by atoms with Crippen molar-refractivity contribution in [3.8, 4) is 0 Å². The van der Waals surface area contributed by atoms with Crippen molar-refractivity contribution < 1.29 is 9.53 Å². The fraction of sp³-hybridized carbons (Fsp3) is 0.400. The van der Waals surface area contributed by atoms with Crippen LogP contribution in [-0.2, 0) is 9.53 Å². The van der Waals surface area contributed by atoms with Gasteiger partial charge in [-0.2, -0.15) is 0 Å². The Morgan fingerprint density at radius 1 is 1.24 bits per heavy atom. The van der Waals surface area contributed by atoms with E-state index in [4.69, 9.17) is 4.74 Å². The SMILES string of the molecule is CCC/C(=C/c1ccccc1)COC(=O)CC. The summed E-state index contributed by atoms with van der Waals surface area (Å²) in [6.07, 6.45) is 4.56. The summed E-state index contributed by atoms with van der Waals surface area (Å²) in [6.45, 7) is 4.35. The first kappa shape index (κ1) is 13.5. The summed E-state index contributed by atoms with van der Waals surface area (Å²) in [7, 11) is 0. The molecule has 0 N–H and O–H groups in total. The highest BCUT2D eigenvalue weighted by atomic mass is 16.5. The molecule has 0 aliphatic heterocycles. The van der Waals surface area contributed by atoms with E-state index in [1.165, 1.54) is 5.57 Å². The van der Waals surface area contributed by atoms with Gasteiger partial charge in [0, 0.05) is 6.42 Å². The summed E-state index contributed by atoms with van der Waals surface area (Å²) in [5, 5.41) is 0. The van der Waals surface area contributed by atoms with Gasteiger partial charge in [0.2, 0.25) is 0 Å². The third-order valence-electron chi connectivity index (χ3n) is 2.45. The van der Waals surface area contributed by atoms with Crippen LogP contribution in [0.4, 0.5) is 0 Å². The third kappa shape index (κ3) is 5.34. The molecule has 1 rings (SSSR count). The molecule has 0 saturated heterocycles. The van der Waals surface area contributed by atoms with E-state index in [9.17, 15) is 4.79 Å². The van der Waals surface area contributed by atoms with Gasteiger partial charge in [-0.15, -0.1) is 0 Å². The van der Waals surface area contributed by atoms with Gasteiger partial charge in [0.25, 0.3) is 0 Å². The minimum atomic E-state index is -0.139. The molecule has 0 fully saturated rings. The van der Waals surface area contributed by atoms with Gasteiger partial charge < -0.3 is 4.74 Å². The highest BCUT2D eigenvalue weighted by Crippen LogP contribution is 2.12. The van der Waals surface area contributed by atoms with Gasteiger partial charge in [-0.1, -0.05) is 56.7 Å². The maximum atomic E-state index is 11.1. The standard InChI is InChI=1S/C15H20O2/c1-3-8-14(12-17-15(16)4-2)11-13-9-6-5-7-10-13/h5-7,9-11H,3-4,8,12H2,1-2H3/b14-11-. The van der Waals surface area contributed by atoms with Gasteiger partial charge in [0.05, 0.1) is 0 Å². The van der Waals surface area contributed by atoms with Crippen LogP contribution in [0.3, 0.4) is 0 Å². The van der Waals surface area contributed by atoms with Gasteiger partial charge in [0.1, 0.15) is 6.61 Å². The van der Waals surface area contributed by atoms with Crippen LogP contribution in [0.1, 0.15) is 38.7 Å². The normalized spacial score (nSPS) is 11.3. The van der Waals surface area contributed by atoms with Gasteiger partial charge >= 0.3 is 5.97 Å². The van der Waals surface area contributed by atoms with Crippen molar-refractivity contribution in [1.29, 1.82) is 0 Å². The fourth-order valence-electron chi connectivity index (χ4n) is 1.57. The van der Waals surface area contributed by atoms with Crippen molar-refractivity contribution in [3.63, 3.8) is 0 Å². The van der Waals surface area contributed by atoms with Gasteiger partial charge in [-0.3, -0.25) is 4.79 Å². The van der Waals surface area contributed by atoms with Crippen molar-refractivity contribution in [2.75, 3.05) is 6.61 Å². The quantitative estimate of drug-likeness (QED) is 0.697. The number of carbonyl (C=O) groups excluding carboxylic acids is 1. The van der Waals surface area contributed by atoms with E-state index in [0.29, 0.717) is 13.0 Å². The minimum Gasteiger partial charge on any atom is -0.461 e. The molecule has 0 bridgehead atoms. The van der Waals surface area contributed by atoms with E-state index < -0.39 is 0 Å².